The van der Waals surface area contributed by atoms with Crippen LogP contribution >= 0.6 is 0 Å². The van der Waals surface area contributed by atoms with Crippen LogP contribution in [0.4, 0.5) is 0 Å². The Kier molecular flexibility index (Phi) is 4.29. The number of rotatable bonds is 4. The van der Waals surface area contributed by atoms with E-state index in [0.717, 1.165) is 10.9 Å². The Morgan fingerprint density at radius 3 is 2.87 bits per heavy atom. The summed E-state index contributed by atoms with van der Waals surface area (Å²) in [5.41, 5.74) is 6.42. The van der Waals surface area contributed by atoms with Gasteiger partial charge in [0.2, 0.25) is 11.8 Å². The first-order chi connectivity index (χ1) is 11.1. The Balaban J connectivity index is 1.62. The van der Waals surface area contributed by atoms with Crippen molar-refractivity contribution >= 4 is 22.7 Å². The highest BCUT2D eigenvalue weighted by atomic mass is 16.2. The molecule has 1 aliphatic rings. The number of carbonyl (C=O) groups excluding carboxylic acids is 2. The number of carbonyl (C=O) groups is 2. The summed E-state index contributed by atoms with van der Waals surface area (Å²) < 4.78 is 1.84. The van der Waals surface area contributed by atoms with Crippen molar-refractivity contribution in [3.8, 4) is 0 Å². The lowest BCUT2D eigenvalue weighted by atomic mass is 10.1. The van der Waals surface area contributed by atoms with Crippen molar-refractivity contribution < 1.29 is 9.59 Å². The molecule has 122 valence electrons. The number of amides is 2. The minimum Gasteiger partial charge on any atom is -0.368 e. The molecule has 3 rings (SSSR count). The molecule has 1 fully saturated rings. The average molecular weight is 315 g/mol. The fraction of sp³-hybridized carbons (Fsp3) is 0.438. The Bertz CT molecular complexity index is 726. The molecule has 7 heteroatoms. The van der Waals surface area contributed by atoms with Crippen LogP contribution in [0.3, 0.4) is 0 Å². The molecule has 0 spiro atoms. The molecule has 0 aliphatic carbocycles. The van der Waals surface area contributed by atoms with Gasteiger partial charge in [-0.25, -0.2) is 0 Å². The van der Waals surface area contributed by atoms with Crippen LogP contribution < -0.4 is 5.73 Å². The summed E-state index contributed by atoms with van der Waals surface area (Å²) in [4.78, 5) is 27.5. The van der Waals surface area contributed by atoms with Crippen LogP contribution in [0.25, 0.3) is 10.9 Å². The first-order valence-corrected chi connectivity index (χ1v) is 7.74. The molecule has 1 aliphatic heterocycles. The van der Waals surface area contributed by atoms with Crippen molar-refractivity contribution in [1.29, 1.82) is 0 Å². The lowest BCUT2D eigenvalue weighted by Crippen LogP contribution is -2.57. The van der Waals surface area contributed by atoms with Crippen LogP contribution in [0.5, 0.6) is 0 Å². The van der Waals surface area contributed by atoms with E-state index in [0.29, 0.717) is 32.6 Å². The van der Waals surface area contributed by atoms with Crippen molar-refractivity contribution in [3.63, 3.8) is 0 Å². The second-order valence-electron chi connectivity index (χ2n) is 5.92. The number of primary amides is 1. The topological polar surface area (TPSA) is 84.5 Å². The second-order valence-corrected chi connectivity index (χ2v) is 5.92. The molecule has 1 unspecified atom stereocenters. The van der Waals surface area contributed by atoms with Gasteiger partial charge in [-0.2, -0.15) is 5.10 Å². The number of para-hydroxylation sites is 1. The fourth-order valence-corrected chi connectivity index (χ4v) is 2.97. The number of aromatic nitrogens is 2. The number of hydrogen-bond donors (Lipinski definition) is 1. The molecule has 0 bridgehead atoms. The van der Waals surface area contributed by atoms with Crippen LogP contribution in [-0.4, -0.2) is 64.1 Å². The molecule has 7 nitrogen and oxygen atoms in total. The van der Waals surface area contributed by atoms with E-state index in [1.165, 1.54) is 0 Å². The number of likely N-dealkylation sites (N-methyl/N-ethyl adjacent to an activating group) is 1. The van der Waals surface area contributed by atoms with Gasteiger partial charge in [0.05, 0.1) is 18.3 Å². The average Bonchev–Trinajstić information content (AvgIpc) is 2.96. The van der Waals surface area contributed by atoms with E-state index >= 15 is 0 Å². The number of nitrogens with two attached hydrogens (primary N) is 1. The third-order valence-corrected chi connectivity index (χ3v) is 4.42. The summed E-state index contributed by atoms with van der Waals surface area (Å²) in [6.07, 6.45) is 2.17. The molecule has 0 saturated carbocycles. The minimum atomic E-state index is -0.404. The van der Waals surface area contributed by atoms with Gasteiger partial charge in [-0.05, 0) is 13.1 Å². The van der Waals surface area contributed by atoms with Crippen LogP contribution in [0.2, 0.25) is 0 Å². The third-order valence-electron chi connectivity index (χ3n) is 4.42. The van der Waals surface area contributed by atoms with Crippen molar-refractivity contribution in [1.82, 2.24) is 19.6 Å². The Morgan fingerprint density at radius 1 is 1.30 bits per heavy atom. The number of piperazine rings is 1. The standard InChI is InChI=1S/C16H21N5O2/c1-19-8-9-20(11-14(19)16(17)23)15(22)6-7-21-13-5-3-2-4-12(13)10-18-21/h2-5,10,14H,6-9,11H2,1H3,(H2,17,23). The summed E-state index contributed by atoms with van der Waals surface area (Å²) in [6.45, 7) is 2.17. The maximum absolute atomic E-state index is 12.4. The molecule has 1 saturated heterocycles. The van der Waals surface area contributed by atoms with Gasteiger partial charge < -0.3 is 10.6 Å². The predicted octanol–water partition coefficient (Wildman–Crippen LogP) is 0.0543. The molecule has 1 atom stereocenters. The molecular formula is C16H21N5O2. The highest BCUT2D eigenvalue weighted by Gasteiger charge is 2.30. The van der Waals surface area contributed by atoms with E-state index in [9.17, 15) is 9.59 Å². The molecule has 0 radical (unpaired) electrons. The summed E-state index contributed by atoms with van der Waals surface area (Å²) in [5.74, 6) is -0.355. The van der Waals surface area contributed by atoms with Gasteiger partial charge in [0.1, 0.15) is 6.04 Å². The molecule has 2 aromatic rings. The molecule has 2 N–H and O–H groups in total. The normalized spacial score (nSPS) is 19.2. The van der Waals surface area contributed by atoms with Gasteiger partial charge in [0.25, 0.3) is 0 Å². The maximum Gasteiger partial charge on any atom is 0.236 e. The van der Waals surface area contributed by atoms with E-state index in [1.54, 1.807) is 11.1 Å². The summed E-state index contributed by atoms with van der Waals surface area (Å²) in [6, 6.07) is 7.51. The number of aryl methyl sites for hydroxylation is 1. The number of fused-ring (bicyclic) bond motifs is 1. The number of hydrogen-bond acceptors (Lipinski definition) is 4. The van der Waals surface area contributed by atoms with Gasteiger partial charge in [-0.3, -0.25) is 19.2 Å². The first-order valence-electron chi connectivity index (χ1n) is 7.74. The molecule has 2 amide bonds. The third kappa shape index (κ3) is 3.19. The molecule has 2 heterocycles. The first kappa shape index (κ1) is 15.5. The summed E-state index contributed by atoms with van der Waals surface area (Å²) in [7, 11) is 1.85. The van der Waals surface area contributed by atoms with Gasteiger partial charge in [0.15, 0.2) is 0 Å². The van der Waals surface area contributed by atoms with Crippen LogP contribution in [0.15, 0.2) is 30.5 Å². The fourth-order valence-electron chi connectivity index (χ4n) is 2.97. The second kappa shape index (κ2) is 6.37. The number of benzene rings is 1. The molecule has 23 heavy (non-hydrogen) atoms. The van der Waals surface area contributed by atoms with Crippen molar-refractivity contribution in [2.24, 2.45) is 5.73 Å². The van der Waals surface area contributed by atoms with Gasteiger partial charge in [-0.1, -0.05) is 18.2 Å². The summed E-state index contributed by atoms with van der Waals surface area (Å²) in [5, 5.41) is 5.39. The smallest absolute Gasteiger partial charge is 0.236 e. The van der Waals surface area contributed by atoms with Gasteiger partial charge in [-0.15, -0.1) is 0 Å². The van der Waals surface area contributed by atoms with Gasteiger partial charge >= 0.3 is 0 Å². The highest BCUT2D eigenvalue weighted by molar-refractivity contribution is 5.82. The molecule has 1 aromatic carbocycles. The van der Waals surface area contributed by atoms with Crippen LogP contribution in [0.1, 0.15) is 6.42 Å². The highest BCUT2D eigenvalue weighted by Crippen LogP contribution is 2.14. The monoisotopic (exact) mass is 315 g/mol. The predicted molar refractivity (Wildman–Crippen MR) is 86.5 cm³/mol. The maximum atomic E-state index is 12.4. The Labute approximate surface area is 134 Å². The zero-order valence-electron chi connectivity index (χ0n) is 13.2. The van der Waals surface area contributed by atoms with Crippen molar-refractivity contribution in [3.05, 3.63) is 30.5 Å². The molecular weight excluding hydrogens is 294 g/mol. The lowest BCUT2D eigenvalue weighted by Gasteiger charge is -2.37. The van der Waals surface area contributed by atoms with Crippen molar-refractivity contribution in [2.75, 3.05) is 26.7 Å². The van der Waals surface area contributed by atoms with E-state index in [-0.39, 0.29) is 11.8 Å². The van der Waals surface area contributed by atoms with E-state index in [4.69, 9.17) is 5.73 Å². The number of nitrogens with zero attached hydrogens (tertiary/aromatic N) is 4. The SMILES string of the molecule is CN1CCN(C(=O)CCn2ncc3ccccc32)CC1C(N)=O. The van der Waals surface area contributed by atoms with Crippen LogP contribution in [-0.2, 0) is 16.1 Å². The molecule has 1 aromatic heterocycles. The largest absolute Gasteiger partial charge is 0.368 e. The zero-order chi connectivity index (χ0) is 16.4. The minimum absolute atomic E-state index is 0.0314. The quantitative estimate of drug-likeness (QED) is 0.864. The lowest BCUT2D eigenvalue weighted by molar-refractivity contribution is -0.136. The van der Waals surface area contributed by atoms with E-state index in [1.807, 2.05) is 40.9 Å². The van der Waals surface area contributed by atoms with E-state index < -0.39 is 6.04 Å². The Morgan fingerprint density at radius 2 is 2.09 bits per heavy atom. The Hall–Kier alpha value is -2.41. The van der Waals surface area contributed by atoms with E-state index in [2.05, 4.69) is 5.10 Å². The zero-order valence-corrected chi connectivity index (χ0v) is 13.2. The van der Waals surface area contributed by atoms with Gasteiger partial charge in [0, 0.05) is 31.4 Å². The van der Waals surface area contributed by atoms with Crippen molar-refractivity contribution in [2.45, 2.75) is 19.0 Å². The summed E-state index contributed by atoms with van der Waals surface area (Å²) >= 11 is 0. The van der Waals surface area contributed by atoms with Crippen LogP contribution in [0, 0.1) is 0 Å².